The van der Waals surface area contributed by atoms with Crippen molar-refractivity contribution in [2.24, 2.45) is 41.4 Å². The number of hydrogen-bond donors (Lipinski definition) is 0. The zero-order chi connectivity index (χ0) is 11.7. The Morgan fingerprint density at radius 3 is 2.65 bits per heavy atom. The lowest BCUT2D eigenvalue weighted by Crippen LogP contribution is -2.49. The van der Waals surface area contributed by atoms with Crippen LogP contribution in [0.2, 0.25) is 0 Å². The molecule has 10 unspecified atom stereocenters. The molecule has 0 aromatic carbocycles. The fourth-order valence-electron chi connectivity index (χ4n) is 6.87. The third-order valence-corrected chi connectivity index (χ3v) is 9.11. The third kappa shape index (κ3) is 0.752. The van der Waals surface area contributed by atoms with Crippen molar-refractivity contribution in [3.05, 3.63) is 0 Å². The zero-order valence-electron chi connectivity index (χ0n) is 9.48. The number of rotatable bonds is 1. The Bertz CT molecular complexity index is 449. The van der Waals surface area contributed by atoms with Crippen LogP contribution in [-0.2, 0) is 9.53 Å². The van der Waals surface area contributed by atoms with E-state index in [0.717, 1.165) is 29.6 Å². The molecular weight excluding hydrogens is 348 g/mol. The first-order chi connectivity index (χ1) is 8.09. The largest absolute Gasteiger partial charge is 0.457 e. The van der Waals surface area contributed by atoms with Crippen LogP contribution in [0.1, 0.15) is 13.3 Å². The summed E-state index contributed by atoms with van der Waals surface area (Å²) in [6.07, 6.45) is 1.40. The number of halogens is 2. The van der Waals surface area contributed by atoms with Gasteiger partial charge in [0.2, 0.25) is 0 Å². The molecule has 0 spiro atoms. The van der Waals surface area contributed by atoms with Gasteiger partial charge in [-0.3, -0.25) is 4.79 Å². The molecule has 0 aromatic heterocycles. The average molecular weight is 362 g/mol. The number of carbonyl (C=O) groups excluding carboxylic acids is 1. The minimum absolute atomic E-state index is 0.0924. The Morgan fingerprint density at radius 2 is 1.94 bits per heavy atom. The van der Waals surface area contributed by atoms with E-state index in [4.69, 9.17) is 4.74 Å². The van der Waals surface area contributed by atoms with Gasteiger partial charge in [-0.1, -0.05) is 31.9 Å². The summed E-state index contributed by atoms with van der Waals surface area (Å²) in [5, 5.41) is 0. The van der Waals surface area contributed by atoms with Crippen molar-refractivity contribution in [2.45, 2.75) is 28.6 Å². The van der Waals surface area contributed by atoms with Crippen molar-refractivity contribution in [3.63, 3.8) is 0 Å². The first-order valence-corrected chi connectivity index (χ1v) is 8.40. The molecule has 6 saturated carbocycles. The molecule has 4 heteroatoms. The zero-order valence-corrected chi connectivity index (χ0v) is 12.6. The van der Waals surface area contributed by atoms with Crippen molar-refractivity contribution in [3.8, 4) is 0 Å². The summed E-state index contributed by atoms with van der Waals surface area (Å²) in [7, 11) is 0. The summed E-state index contributed by atoms with van der Waals surface area (Å²) in [5.41, 5.74) is -0.155. The Balaban J connectivity index is 1.74. The van der Waals surface area contributed by atoms with E-state index in [2.05, 4.69) is 31.9 Å². The summed E-state index contributed by atoms with van der Waals surface area (Å²) in [6, 6.07) is 0. The van der Waals surface area contributed by atoms with Crippen LogP contribution >= 0.6 is 31.9 Å². The molecule has 6 aliphatic carbocycles. The van der Waals surface area contributed by atoms with Crippen LogP contribution in [-0.4, -0.2) is 21.2 Å². The van der Waals surface area contributed by atoms with Crippen molar-refractivity contribution in [1.29, 1.82) is 0 Å². The van der Waals surface area contributed by atoms with Gasteiger partial charge >= 0.3 is 5.97 Å². The quantitative estimate of drug-likeness (QED) is 0.530. The summed E-state index contributed by atoms with van der Waals surface area (Å²) < 4.78 is 5.94. The number of esters is 1. The minimum atomic E-state index is -0.155. The highest BCUT2D eigenvalue weighted by Gasteiger charge is 2.90. The van der Waals surface area contributed by atoms with Gasteiger partial charge in [0.1, 0.15) is 5.60 Å². The second-order valence-corrected chi connectivity index (χ2v) is 8.68. The predicted octanol–water partition coefficient (Wildman–Crippen LogP) is 2.59. The molecule has 0 heterocycles. The highest BCUT2D eigenvalue weighted by atomic mass is 79.9. The molecule has 6 bridgehead atoms. The maximum atomic E-state index is 11.5. The van der Waals surface area contributed by atoms with E-state index in [1.54, 1.807) is 6.92 Å². The molecule has 0 radical (unpaired) electrons. The van der Waals surface area contributed by atoms with Gasteiger partial charge in [-0.05, 0) is 36.0 Å². The van der Waals surface area contributed by atoms with E-state index in [9.17, 15) is 4.79 Å². The van der Waals surface area contributed by atoms with E-state index >= 15 is 0 Å². The second-order valence-electron chi connectivity index (χ2n) is 6.64. The maximum absolute atomic E-state index is 11.5. The fourth-order valence-corrected chi connectivity index (χ4v) is 9.81. The molecular formula is C13H14Br2O2. The van der Waals surface area contributed by atoms with Crippen LogP contribution in [0.3, 0.4) is 0 Å². The molecule has 6 rings (SSSR count). The maximum Gasteiger partial charge on any atom is 0.303 e. The van der Waals surface area contributed by atoms with Crippen molar-refractivity contribution in [1.82, 2.24) is 0 Å². The fraction of sp³-hybridized carbons (Fsp3) is 0.923. The molecule has 2 nitrogen and oxygen atoms in total. The molecule has 0 amide bonds. The van der Waals surface area contributed by atoms with E-state index in [-0.39, 0.29) is 11.6 Å². The normalized spacial score (nSPS) is 72.1. The predicted molar refractivity (Wildman–Crippen MR) is 69.0 cm³/mol. The molecule has 0 aromatic rings. The molecule has 17 heavy (non-hydrogen) atoms. The van der Waals surface area contributed by atoms with Crippen molar-refractivity contribution in [2.75, 3.05) is 0 Å². The van der Waals surface area contributed by atoms with Crippen LogP contribution in [0.5, 0.6) is 0 Å². The van der Waals surface area contributed by atoms with Gasteiger partial charge in [0, 0.05) is 23.6 Å². The smallest absolute Gasteiger partial charge is 0.303 e. The lowest BCUT2D eigenvalue weighted by atomic mass is 9.69. The summed E-state index contributed by atoms with van der Waals surface area (Å²) in [5.74, 6) is 5.28. The lowest BCUT2D eigenvalue weighted by molar-refractivity contribution is -0.167. The second kappa shape index (κ2) is 2.65. The third-order valence-electron chi connectivity index (χ3n) is 6.60. The van der Waals surface area contributed by atoms with E-state index in [1.165, 1.54) is 6.42 Å². The Kier molecular flexibility index (Phi) is 1.60. The number of carbonyl (C=O) groups is 1. The SMILES string of the molecule is CC(=O)OC12C(Br)C3C4CC5C3C1C(Br)C5C42. The van der Waals surface area contributed by atoms with Crippen LogP contribution < -0.4 is 0 Å². The van der Waals surface area contributed by atoms with Crippen molar-refractivity contribution >= 4 is 37.8 Å². The monoisotopic (exact) mass is 360 g/mol. The highest BCUT2D eigenvalue weighted by molar-refractivity contribution is 9.10. The standard InChI is InChI=1S/C13H14Br2O2/c1-3(16)17-13-9-5-2-4-6(7(5)12(13)15)10(13)11(14)8(4)9/h4-12H,2H2,1H3. The van der Waals surface area contributed by atoms with E-state index < -0.39 is 0 Å². The first kappa shape index (κ1) is 10.2. The van der Waals surface area contributed by atoms with Crippen LogP contribution in [0, 0.1) is 41.4 Å². The topological polar surface area (TPSA) is 26.3 Å². The van der Waals surface area contributed by atoms with Crippen LogP contribution in [0.25, 0.3) is 0 Å². The van der Waals surface area contributed by atoms with Crippen LogP contribution in [0.15, 0.2) is 0 Å². The summed E-state index contributed by atoms with van der Waals surface area (Å²) in [4.78, 5) is 12.6. The number of alkyl halides is 2. The molecule has 0 aliphatic heterocycles. The van der Waals surface area contributed by atoms with Gasteiger partial charge in [-0.2, -0.15) is 0 Å². The molecule has 6 fully saturated rings. The van der Waals surface area contributed by atoms with Gasteiger partial charge in [-0.25, -0.2) is 0 Å². The van der Waals surface area contributed by atoms with Gasteiger partial charge < -0.3 is 4.74 Å². The molecule has 10 atom stereocenters. The highest BCUT2D eigenvalue weighted by Crippen LogP contribution is 2.86. The average Bonchev–Trinajstić information content (AvgIpc) is 2.93. The Hall–Kier alpha value is 0.430. The van der Waals surface area contributed by atoms with Gasteiger partial charge in [-0.15, -0.1) is 0 Å². The lowest BCUT2D eigenvalue weighted by Gasteiger charge is -2.41. The molecule has 0 N–H and O–H groups in total. The Labute approximate surface area is 117 Å². The summed E-state index contributed by atoms with van der Waals surface area (Å²) in [6.45, 7) is 1.57. The Morgan fingerprint density at radius 1 is 1.18 bits per heavy atom. The van der Waals surface area contributed by atoms with E-state index in [1.807, 2.05) is 0 Å². The van der Waals surface area contributed by atoms with Crippen LogP contribution in [0.4, 0.5) is 0 Å². The number of ether oxygens (including phenoxy) is 1. The van der Waals surface area contributed by atoms with Gasteiger partial charge in [0.25, 0.3) is 0 Å². The first-order valence-electron chi connectivity index (χ1n) is 6.56. The van der Waals surface area contributed by atoms with E-state index in [0.29, 0.717) is 21.5 Å². The minimum Gasteiger partial charge on any atom is -0.457 e. The molecule has 92 valence electrons. The molecule has 6 aliphatic rings. The number of hydrogen-bond acceptors (Lipinski definition) is 2. The van der Waals surface area contributed by atoms with Crippen molar-refractivity contribution < 1.29 is 9.53 Å². The molecule has 0 saturated heterocycles. The summed E-state index contributed by atoms with van der Waals surface area (Å²) >= 11 is 7.83. The van der Waals surface area contributed by atoms with Gasteiger partial charge in [0.05, 0.1) is 4.83 Å². The van der Waals surface area contributed by atoms with Gasteiger partial charge in [0.15, 0.2) is 0 Å².